The monoisotopic (exact) mass is 343 g/mol. The molecule has 3 atom stereocenters. The molecular formula is C15H26BrN3O. The van der Waals surface area contributed by atoms with Crippen LogP contribution in [0.1, 0.15) is 51.3 Å². The minimum Gasteiger partial charge on any atom is -0.373 e. The van der Waals surface area contributed by atoms with Gasteiger partial charge in [-0.05, 0) is 48.7 Å². The van der Waals surface area contributed by atoms with E-state index < -0.39 is 0 Å². The fraction of sp³-hybridized carbons (Fsp3) is 0.800. The zero-order valence-electron chi connectivity index (χ0n) is 12.9. The van der Waals surface area contributed by atoms with Crippen LogP contribution in [-0.4, -0.2) is 29.0 Å². The molecule has 0 saturated heterocycles. The molecule has 1 aliphatic carbocycles. The number of hydrogen-bond acceptors (Lipinski definition) is 3. The lowest BCUT2D eigenvalue weighted by Crippen LogP contribution is -2.49. The van der Waals surface area contributed by atoms with Gasteiger partial charge in [-0.25, -0.2) is 0 Å². The largest absolute Gasteiger partial charge is 0.373 e. The van der Waals surface area contributed by atoms with E-state index in [4.69, 9.17) is 4.74 Å². The maximum absolute atomic E-state index is 6.30. The van der Waals surface area contributed by atoms with E-state index in [9.17, 15) is 0 Å². The SMILES string of the molecule is CCOC1(C(NC)c2c(Br)cnn2C)CCCC(C)C1. The molecule has 2 rings (SSSR count). The molecule has 1 heterocycles. The highest BCUT2D eigenvalue weighted by Gasteiger charge is 2.44. The van der Waals surface area contributed by atoms with Crippen LogP contribution in [0.15, 0.2) is 10.7 Å². The van der Waals surface area contributed by atoms with Gasteiger partial charge < -0.3 is 10.1 Å². The van der Waals surface area contributed by atoms with Crippen molar-refractivity contribution in [1.29, 1.82) is 0 Å². The number of halogens is 1. The van der Waals surface area contributed by atoms with Crippen molar-refractivity contribution in [2.75, 3.05) is 13.7 Å². The number of rotatable bonds is 5. The van der Waals surface area contributed by atoms with E-state index >= 15 is 0 Å². The maximum atomic E-state index is 6.30. The van der Waals surface area contributed by atoms with Gasteiger partial charge in [-0.3, -0.25) is 4.68 Å². The van der Waals surface area contributed by atoms with Crippen LogP contribution in [0, 0.1) is 5.92 Å². The predicted molar refractivity (Wildman–Crippen MR) is 84.7 cm³/mol. The summed E-state index contributed by atoms with van der Waals surface area (Å²) in [5, 5.41) is 7.85. The topological polar surface area (TPSA) is 39.1 Å². The van der Waals surface area contributed by atoms with Crippen molar-refractivity contribution in [3.63, 3.8) is 0 Å². The van der Waals surface area contributed by atoms with E-state index in [1.807, 2.05) is 25.0 Å². The van der Waals surface area contributed by atoms with Gasteiger partial charge in [0.25, 0.3) is 0 Å². The number of likely N-dealkylation sites (N-methyl/N-ethyl adjacent to an activating group) is 1. The lowest BCUT2D eigenvalue weighted by molar-refractivity contribution is -0.102. The standard InChI is InChI=1S/C15H26BrN3O/c1-5-20-15(8-6-7-11(2)9-15)14(17-3)13-12(16)10-18-19(13)4/h10-11,14,17H,5-9H2,1-4H3. The first kappa shape index (κ1) is 16.0. The molecule has 0 aliphatic heterocycles. The van der Waals surface area contributed by atoms with Crippen LogP contribution in [0.4, 0.5) is 0 Å². The first-order valence-corrected chi connectivity index (χ1v) is 8.32. The van der Waals surface area contributed by atoms with Crippen molar-refractivity contribution in [2.24, 2.45) is 13.0 Å². The molecule has 20 heavy (non-hydrogen) atoms. The summed E-state index contributed by atoms with van der Waals surface area (Å²) >= 11 is 3.64. The molecule has 114 valence electrons. The normalized spacial score (nSPS) is 28.6. The molecule has 3 unspecified atom stereocenters. The van der Waals surface area contributed by atoms with Gasteiger partial charge in [-0.1, -0.05) is 19.8 Å². The number of aryl methyl sites for hydroxylation is 1. The number of ether oxygens (including phenoxy) is 1. The van der Waals surface area contributed by atoms with E-state index in [0.29, 0.717) is 5.92 Å². The number of hydrogen-bond donors (Lipinski definition) is 1. The van der Waals surface area contributed by atoms with Crippen molar-refractivity contribution in [3.8, 4) is 0 Å². The number of nitrogens with one attached hydrogen (secondary N) is 1. The van der Waals surface area contributed by atoms with Crippen molar-refractivity contribution in [1.82, 2.24) is 15.1 Å². The van der Waals surface area contributed by atoms with Crippen LogP contribution in [-0.2, 0) is 11.8 Å². The summed E-state index contributed by atoms with van der Waals surface area (Å²) in [6, 6.07) is 0.159. The summed E-state index contributed by atoms with van der Waals surface area (Å²) in [6.07, 6.45) is 6.61. The third-order valence-corrected chi connectivity index (χ3v) is 5.06. The van der Waals surface area contributed by atoms with Gasteiger partial charge in [0.2, 0.25) is 0 Å². The zero-order chi connectivity index (χ0) is 14.8. The van der Waals surface area contributed by atoms with Gasteiger partial charge in [0.05, 0.1) is 28.0 Å². The quantitative estimate of drug-likeness (QED) is 0.890. The molecule has 0 radical (unpaired) electrons. The predicted octanol–water partition coefficient (Wildman–Crippen LogP) is 3.43. The lowest BCUT2D eigenvalue weighted by atomic mass is 9.73. The zero-order valence-corrected chi connectivity index (χ0v) is 14.5. The highest BCUT2D eigenvalue weighted by Crippen LogP contribution is 2.44. The Balaban J connectivity index is 2.39. The average molecular weight is 344 g/mol. The first-order valence-electron chi connectivity index (χ1n) is 7.52. The molecule has 1 N–H and O–H groups in total. The van der Waals surface area contributed by atoms with Crippen LogP contribution in [0.3, 0.4) is 0 Å². The van der Waals surface area contributed by atoms with E-state index in [0.717, 1.165) is 23.9 Å². The smallest absolute Gasteiger partial charge is 0.0894 e. The van der Waals surface area contributed by atoms with E-state index in [2.05, 4.69) is 40.2 Å². The van der Waals surface area contributed by atoms with Crippen molar-refractivity contribution in [2.45, 2.75) is 51.2 Å². The van der Waals surface area contributed by atoms with Gasteiger partial charge in [0.15, 0.2) is 0 Å². The first-order chi connectivity index (χ1) is 9.54. The highest BCUT2D eigenvalue weighted by molar-refractivity contribution is 9.10. The minimum absolute atomic E-state index is 0.127. The fourth-order valence-corrected chi connectivity index (χ4v) is 4.28. The van der Waals surface area contributed by atoms with Crippen LogP contribution in [0.2, 0.25) is 0 Å². The third-order valence-electron chi connectivity index (χ3n) is 4.45. The molecule has 1 aromatic heterocycles. The molecule has 1 saturated carbocycles. The second-order valence-corrected chi connectivity index (χ2v) is 6.78. The van der Waals surface area contributed by atoms with Crippen LogP contribution in [0.5, 0.6) is 0 Å². The molecule has 0 aromatic carbocycles. The van der Waals surface area contributed by atoms with Gasteiger partial charge in [0.1, 0.15) is 0 Å². The van der Waals surface area contributed by atoms with Crippen molar-refractivity contribution >= 4 is 15.9 Å². The Kier molecular flexibility index (Phi) is 5.26. The van der Waals surface area contributed by atoms with Crippen molar-refractivity contribution < 1.29 is 4.74 Å². The third kappa shape index (κ3) is 2.95. The molecule has 5 heteroatoms. The summed E-state index contributed by atoms with van der Waals surface area (Å²) in [7, 11) is 4.01. The van der Waals surface area contributed by atoms with E-state index in [-0.39, 0.29) is 11.6 Å². The molecule has 0 spiro atoms. The summed E-state index contributed by atoms with van der Waals surface area (Å²) in [5.41, 5.74) is 1.05. The Morgan fingerprint density at radius 3 is 2.90 bits per heavy atom. The summed E-state index contributed by atoms with van der Waals surface area (Å²) in [5.74, 6) is 0.707. The second-order valence-electron chi connectivity index (χ2n) is 5.92. The average Bonchev–Trinajstić information content (AvgIpc) is 2.72. The maximum Gasteiger partial charge on any atom is 0.0894 e. The Hall–Kier alpha value is -0.390. The number of nitrogens with zero attached hydrogens (tertiary/aromatic N) is 2. The molecule has 0 bridgehead atoms. The van der Waals surface area contributed by atoms with Gasteiger partial charge in [-0.2, -0.15) is 5.10 Å². The summed E-state index contributed by atoms with van der Waals surface area (Å²) in [4.78, 5) is 0. The fourth-order valence-electron chi connectivity index (χ4n) is 3.70. The highest BCUT2D eigenvalue weighted by atomic mass is 79.9. The van der Waals surface area contributed by atoms with Crippen LogP contribution < -0.4 is 5.32 Å². The van der Waals surface area contributed by atoms with Crippen molar-refractivity contribution in [3.05, 3.63) is 16.4 Å². The molecular weight excluding hydrogens is 318 g/mol. The van der Waals surface area contributed by atoms with E-state index in [1.165, 1.54) is 18.5 Å². The Morgan fingerprint density at radius 2 is 2.40 bits per heavy atom. The van der Waals surface area contributed by atoms with Crippen LogP contribution >= 0.6 is 15.9 Å². The second kappa shape index (κ2) is 6.58. The minimum atomic E-state index is -0.127. The van der Waals surface area contributed by atoms with Gasteiger partial charge in [0, 0.05) is 13.7 Å². The lowest BCUT2D eigenvalue weighted by Gasteiger charge is -2.45. The summed E-state index contributed by atoms with van der Waals surface area (Å²) in [6.45, 7) is 5.17. The van der Waals surface area contributed by atoms with Gasteiger partial charge >= 0.3 is 0 Å². The molecule has 1 aliphatic rings. The Bertz CT molecular complexity index is 425. The Morgan fingerprint density at radius 1 is 1.65 bits per heavy atom. The molecule has 1 aromatic rings. The Labute approximate surface area is 130 Å². The summed E-state index contributed by atoms with van der Waals surface area (Å²) < 4.78 is 9.31. The molecule has 0 amide bonds. The molecule has 4 nitrogen and oxygen atoms in total. The van der Waals surface area contributed by atoms with Crippen LogP contribution in [0.25, 0.3) is 0 Å². The number of aromatic nitrogens is 2. The van der Waals surface area contributed by atoms with Gasteiger partial charge in [-0.15, -0.1) is 0 Å². The van der Waals surface area contributed by atoms with E-state index in [1.54, 1.807) is 0 Å². The molecule has 1 fully saturated rings.